The summed E-state index contributed by atoms with van der Waals surface area (Å²) < 4.78 is 32.0. The fraction of sp³-hybridized carbons (Fsp3) is 0.444. The van der Waals surface area contributed by atoms with Crippen molar-refractivity contribution in [2.45, 2.75) is 249 Å². The van der Waals surface area contributed by atoms with E-state index in [-0.39, 0.29) is 58.9 Å². The Morgan fingerprint density at radius 2 is 0.819 bits per heavy atom. The highest BCUT2D eigenvalue weighted by Gasteiger charge is 2.38. The van der Waals surface area contributed by atoms with Crippen LogP contribution < -0.4 is 47.9 Å². The maximum atomic E-state index is 13.4. The second-order valence-electron chi connectivity index (χ2n) is 35.8. The SMILES string of the molecule is CC(=O)Nc1sc2c(c1-c1nc3cnccc3s1)CC(C)NC2C.CC(=O)Nc1sc2c(c1-c1nc3cnccc3s1)CC(C)NC2C.CCC(C)NCCC(=O)Nc1sc2c(c1-c1nc3cnccc3s1)CCN(C(C)C)C2.CCC(C)NCCC(=O)Nc1sc2c(c1-c1nc3cnccc3s1)CCN(CC)C2.CCN1C(C)Cc2c(sc(NC(C)=O)c2-c2nc3c(C(F)F)nccc3s2)C1C. The summed E-state index contributed by atoms with van der Waals surface area (Å²) in [5, 5.41) is 38.3. The van der Waals surface area contributed by atoms with Gasteiger partial charge in [-0.05, 0) is 185 Å². The van der Waals surface area contributed by atoms with Gasteiger partial charge in [-0.2, -0.15) is 0 Å². The molecule has 15 aromatic heterocycles. The Hall–Kier alpha value is -9.37. The summed E-state index contributed by atoms with van der Waals surface area (Å²) >= 11 is 16.4. The maximum Gasteiger partial charge on any atom is 0.282 e. The van der Waals surface area contributed by atoms with Crippen LogP contribution in [0, 0.1) is 0 Å². The van der Waals surface area contributed by atoms with Gasteiger partial charge < -0.3 is 47.9 Å². The molecular weight excluding hydrogens is 1940 g/mol. The zero-order valence-corrected chi connectivity index (χ0v) is 88.7. The van der Waals surface area contributed by atoms with Crippen molar-refractivity contribution in [3.8, 4) is 52.9 Å². The number of amides is 5. The average molecular weight is 2050 g/mol. The quantitative estimate of drug-likeness (QED) is 0.0271. The largest absolute Gasteiger partial charge is 0.317 e. The van der Waals surface area contributed by atoms with Crippen LogP contribution in [0.15, 0.2) is 86.1 Å². The molecule has 0 spiro atoms. The van der Waals surface area contributed by atoms with E-state index in [1.165, 1.54) is 71.1 Å². The van der Waals surface area contributed by atoms with Crippen molar-refractivity contribution in [2.75, 3.05) is 65.9 Å². The number of carbonyl (C=O) groups is 5. The van der Waals surface area contributed by atoms with Gasteiger partial charge in [0.05, 0.1) is 48.3 Å². The van der Waals surface area contributed by atoms with Crippen LogP contribution in [0.5, 0.6) is 0 Å². The van der Waals surface area contributed by atoms with Gasteiger partial charge in [-0.1, -0.05) is 27.7 Å². The number of halogens is 2. The first-order valence-corrected chi connectivity index (χ1v) is 55.3. The summed E-state index contributed by atoms with van der Waals surface area (Å²) in [7, 11) is 0. The molecule has 0 fully saturated rings. The van der Waals surface area contributed by atoms with Crippen molar-refractivity contribution in [2.24, 2.45) is 0 Å². The number of thiophene rings is 5. The van der Waals surface area contributed by atoms with E-state index in [2.05, 4.69) is 189 Å². The van der Waals surface area contributed by atoms with Gasteiger partial charge in [-0.3, -0.25) is 63.6 Å². The van der Waals surface area contributed by atoms with Crippen LogP contribution in [0.4, 0.5) is 33.8 Å². The van der Waals surface area contributed by atoms with Gasteiger partial charge in [0.1, 0.15) is 83.3 Å². The number of hydrogen-bond acceptors (Lipinski definition) is 32. The maximum absolute atomic E-state index is 13.4. The van der Waals surface area contributed by atoms with Crippen LogP contribution in [0.1, 0.15) is 226 Å². The topological polar surface area (TPSA) is 332 Å². The molecule has 5 aliphatic rings. The molecule has 8 atom stereocenters. The highest BCUT2D eigenvalue weighted by molar-refractivity contribution is 7.25. The van der Waals surface area contributed by atoms with Crippen LogP contribution in [-0.4, -0.2) is 170 Å². The number of alkyl halides is 2. The second-order valence-corrected chi connectivity index (χ2v) is 46.3. The van der Waals surface area contributed by atoms with E-state index < -0.39 is 6.43 Å². The van der Waals surface area contributed by atoms with Crippen molar-refractivity contribution in [1.82, 2.24) is 85.8 Å². The molecule has 0 aliphatic carbocycles. The third-order valence-corrected chi connectivity index (χ3v) is 36.9. The van der Waals surface area contributed by atoms with E-state index in [0.717, 1.165) is 203 Å². The zero-order valence-electron chi connectivity index (χ0n) is 80.6. The summed E-state index contributed by atoms with van der Waals surface area (Å²) in [4.78, 5) is 119. The van der Waals surface area contributed by atoms with Crippen molar-refractivity contribution in [3.05, 3.63) is 144 Å². The summed E-state index contributed by atoms with van der Waals surface area (Å²) in [5.74, 6) is -0.147. The average Bonchev–Trinajstić information content (AvgIpc) is 1.60. The Labute approximate surface area is 842 Å². The number of nitrogens with zero attached hydrogens (tertiary/aromatic N) is 13. The van der Waals surface area contributed by atoms with Gasteiger partial charge in [0.15, 0.2) is 0 Å². The minimum Gasteiger partial charge on any atom is -0.317 e. The second kappa shape index (κ2) is 45.3. The van der Waals surface area contributed by atoms with Gasteiger partial charge in [-0.15, -0.1) is 113 Å². The molecule has 39 heteroatoms. The summed E-state index contributed by atoms with van der Waals surface area (Å²) in [5.41, 5.74) is 15.4. The van der Waals surface area contributed by atoms with E-state index in [0.29, 0.717) is 71.9 Å². The molecule has 0 saturated heterocycles. The van der Waals surface area contributed by atoms with E-state index in [4.69, 9.17) is 19.9 Å². The lowest BCUT2D eigenvalue weighted by Crippen LogP contribution is -2.40. The Bertz CT molecular complexity index is 6620. The smallest absolute Gasteiger partial charge is 0.282 e. The molecule has 0 bridgehead atoms. The molecule has 8 unspecified atom stereocenters. The van der Waals surface area contributed by atoms with Gasteiger partial charge in [0.2, 0.25) is 29.5 Å². The van der Waals surface area contributed by atoms with Crippen LogP contribution in [-0.2, 0) is 69.2 Å². The number of anilines is 5. The molecule has 0 aromatic carbocycles. The molecular formula is C99H118F2N22O5S10. The fourth-order valence-electron chi connectivity index (χ4n) is 18.2. The first-order valence-electron chi connectivity index (χ1n) is 47.2. The van der Waals surface area contributed by atoms with Crippen molar-refractivity contribution < 1.29 is 32.8 Å². The third-order valence-electron chi connectivity index (χ3n) is 25.4. The van der Waals surface area contributed by atoms with Crippen LogP contribution in [0.3, 0.4) is 0 Å². The van der Waals surface area contributed by atoms with E-state index in [1.807, 2.05) is 36.7 Å². The zero-order chi connectivity index (χ0) is 97.6. The lowest BCUT2D eigenvalue weighted by Gasteiger charge is -2.38. The number of fused-ring (bicyclic) bond motifs is 10. The monoisotopic (exact) mass is 2050 g/mol. The predicted molar refractivity (Wildman–Crippen MR) is 571 cm³/mol. The molecule has 138 heavy (non-hydrogen) atoms. The molecule has 728 valence electrons. The Morgan fingerprint density at radius 1 is 0.442 bits per heavy atom. The van der Waals surface area contributed by atoms with Gasteiger partial charge in [0, 0.05) is 210 Å². The number of likely N-dealkylation sites (N-methyl/N-ethyl adjacent to an activating group) is 2. The minimum atomic E-state index is -2.68. The summed E-state index contributed by atoms with van der Waals surface area (Å²) in [6, 6.07) is 13.0. The van der Waals surface area contributed by atoms with E-state index >= 15 is 0 Å². The Balaban J connectivity index is 0.000000125. The number of rotatable bonds is 24. The number of nitrogens with one attached hydrogen (secondary N) is 9. The summed E-state index contributed by atoms with van der Waals surface area (Å²) in [6.07, 6.45) is 20.9. The Kier molecular flexibility index (Phi) is 33.3. The normalized spacial score (nSPS) is 17.9. The Morgan fingerprint density at radius 3 is 1.21 bits per heavy atom. The van der Waals surface area contributed by atoms with Crippen molar-refractivity contribution in [3.63, 3.8) is 0 Å². The first kappa shape index (κ1) is 102. The highest BCUT2D eigenvalue weighted by atomic mass is 32.1. The summed E-state index contributed by atoms with van der Waals surface area (Å²) in [6.45, 7) is 42.4. The van der Waals surface area contributed by atoms with Gasteiger partial charge in [-0.25, -0.2) is 33.7 Å². The molecule has 5 aliphatic heterocycles. The molecule has 20 rings (SSSR count). The molecule has 5 amide bonds. The fourth-order valence-corrected chi connectivity index (χ4v) is 30.2. The molecule has 20 heterocycles. The van der Waals surface area contributed by atoms with Gasteiger partial charge in [0.25, 0.3) is 6.43 Å². The molecule has 15 aromatic rings. The van der Waals surface area contributed by atoms with Gasteiger partial charge >= 0.3 is 0 Å². The number of pyridine rings is 5. The van der Waals surface area contributed by atoms with Crippen molar-refractivity contribution >= 4 is 219 Å². The standard InChI is InChI=1S/C23H31N5OS2.C22H29N5OS2.C20H22F2N4OS2.2C17H18N4OS2/c1-5-15(4)25-10-7-20(29)27-23-21(22-26-17-12-24-9-6-18(17)30-22)16-8-11-28(14(2)3)13-19(16)31-23;1-4-14(3)24-10-7-19(28)26-22-20(15-8-11-27(5-2)13-18(15)30-22)21-25-16-12-23-9-6-17(16)29-21;1-5-26-9(2)8-12-14(19(24-11(4)27)29-17(12)10(26)3)20-25-15-13(28-20)6-7-23-16(15)18(21)22;2*1-8-6-11-14(17-21-12-7-18-5-4-13(12)23-17)16(20-10(3)22)24-15(11)9(2)19-8/h6,9,12,14-15,25H,5,7-8,10-11,13H2,1-4H3,(H,27,29);6,9,12,14,24H,4-5,7-8,10-11,13H2,1-3H3,(H,26,28);6-7,9-10,18H,5,8H2,1-4H3,(H,24,27);2*4-5,7-9,19H,6H2,1-3H3,(H,20,22). The van der Waals surface area contributed by atoms with Crippen molar-refractivity contribution in [1.29, 1.82) is 0 Å². The number of thiazole rings is 5. The van der Waals surface area contributed by atoms with E-state index in [9.17, 15) is 32.8 Å². The lowest BCUT2D eigenvalue weighted by atomic mass is 9.93. The predicted octanol–water partition coefficient (Wildman–Crippen LogP) is 23.0. The third kappa shape index (κ3) is 23.0. The van der Waals surface area contributed by atoms with Crippen LogP contribution >= 0.6 is 113 Å². The minimum absolute atomic E-state index is 0.0497. The van der Waals surface area contributed by atoms with E-state index in [1.54, 1.807) is 159 Å². The van der Waals surface area contributed by atoms with Crippen LogP contribution in [0.2, 0.25) is 0 Å². The number of carbonyl (C=O) groups excluding carboxylic acids is 5. The highest BCUT2D eigenvalue weighted by Crippen LogP contribution is 2.54. The number of aromatic nitrogens is 10. The van der Waals surface area contributed by atoms with Crippen LogP contribution in [0.25, 0.3) is 104 Å². The first-order chi connectivity index (χ1) is 66.4. The molecule has 0 saturated carbocycles. The molecule has 0 radical (unpaired) electrons. The number of hydrogen-bond donors (Lipinski definition) is 9. The lowest BCUT2D eigenvalue weighted by molar-refractivity contribution is -0.116. The molecule has 27 nitrogen and oxygen atoms in total. The molecule has 9 N–H and O–H groups in total.